The first-order valence-electron chi connectivity index (χ1n) is 10.1. The fourth-order valence-electron chi connectivity index (χ4n) is 3.90. The second-order valence-electron chi connectivity index (χ2n) is 8.47. The minimum Gasteiger partial charge on any atom is -0.348 e. The van der Waals surface area contributed by atoms with Crippen molar-refractivity contribution in [3.63, 3.8) is 0 Å². The highest BCUT2D eigenvalue weighted by Gasteiger charge is 2.35. The smallest absolute Gasteiger partial charge is 0.269 e. The van der Waals surface area contributed by atoms with E-state index in [2.05, 4.69) is 4.57 Å². The third kappa shape index (κ3) is 4.22. The van der Waals surface area contributed by atoms with Gasteiger partial charge < -0.3 is 14.4 Å². The Hall–Kier alpha value is -3.16. The average Bonchev–Trinajstić information content (AvgIpc) is 3.18. The van der Waals surface area contributed by atoms with Crippen LogP contribution >= 0.6 is 0 Å². The minimum absolute atomic E-state index is 0.000360. The van der Waals surface area contributed by atoms with Crippen molar-refractivity contribution in [2.45, 2.75) is 52.2 Å². The van der Waals surface area contributed by atoms with Crippen LogP contribution in [0, 0.1) is 10.1 Å². The van der Waals surface area contributed by atoms with Gasteiger partial charge in [-0.2, -0.15) is 0 Å². The van der Waals surface area contributed by atoms with E-state index in [0.717, 1.165) is 11.3 Å². The molecule has 0 radical (unpaired) electrons. The Morgan fingerprint density at radius 1 is 1.17 bits per heavy atom. The summed E-state index contributed by atoms with van der Waals surface area (Å²) in [5, 5.41) is 11.0. The van der Waals surface area contributed by atoms with Crippen molar-refractivity contribution < 1.29 is 14.5 Å². The Morgan fingerprint density at radius 3 is 2.40 bits per heavy atom. The van der Waals surface area contributed by atoms with E-state index in [1.807, 2.05) is 39.1 Å². The number of carbonyl (C=O) groups is 2. The topological polar surface area (TPSA) is 88.7 Å². The van der Waals surface area contributed by atoms with Crippen LogP contribution in [-0.2, 0) is 16.1 Å². The van der Waals surface area contributed by atoms with Crippen molar-refractivity contribution in [3.8, 4) is 0 Å². The van der Waals surface area contributed by atoms with Gasteiger partial charge in [-0.3, -0.25) is 19.7 Å². The van der Waals surface area contributed by atoms with Crippen LogP contribution in [-0.4, -0.2) is 49.7 Å². The van der Waals surface area contributed by atoms with E-state index in [9.17, 15) is 19.7 Å². The van der Waals surface area contributed by atoms with E-state index in [1.165, 1.54) is 12.1 Å². The van der Waals surface area contributed by atoms with Crippen molar-refractivity contribution in [3.05, 3.63) is 64.0 Å². The number of fused-ring (bicyclic) bond motifs is 1. The summed E-state index contributed by atoms with van der Waals surface area (Å²) in [7, 11) is 0. The second-order valence-corrected chi connectivity index (χ2v) is 8.47. The van der Waals surface area contributed by atoms with Crippen LogP contribution in [0.3, 0.4) is 0 Å². The van der Waals surface area contributed by atoms with E-state index in [1.54, 1.807) is 28.9 Å². The van der Waals surface area contributed by atoms with Crippen molar-refractivity contribution in [2.24, 2.45) is 0 Å². The maximum Gasteiger partial charge on any atom is 0.269 e. The third-order valence-electron chi connectivity index (χ3n) is 5.48. The zero-order valence-electron chi connectivity index (χ0n) is 17.9. The summed E-state index contributed by atoms with van der Waals surface area (Å²) >= 11 is 0. The zero-order valence-corrected chi connectivity index (χ0v) is 17.9. The van der Waals surface area contributed by atoms with Crippen molar-refractivity contribution >= 4 is 17.5 Å². The highest BCUT2D eigenvalue weighted by atomic mass is 16.6. The molecule has 1 aromatic heterocycles. The number of hydrogen-bond donors (Lipinski definition) is 0. The molecule has 0 aliphatic carbocycles. The van der Waals surface area contributed by atoms with E-state index >= 15 is 0 Å². The number of nitro groups is 1. The number of nitro benzene ring substituents is 1. The highest BCUT2D eigenvalue weighted by molar-refractivity contribution is 5.85. The van der Waals surface area contributed by atoms with Gasteiger partial charge in [0.2, 0.25) is 11.8 Å². The van der Waals surface area contributed by atoms with Crippen LogP contribution in [0.4, 0.5) is 5.69 Å². The molecule has 0 saturated heterocycles. The van der Waals surface area contributed by atoms with Crippen LogP contribution in [0.2, 0.25) is 0 Å². The molecule has 8 nitrogen and oxygen atoms in total. The fourth-order valence-corrected chi connectivity index (χ4v) is 3.90. The van der Waals surface area contributed by atoms with Crippen molar-refractivity contribution in [1.82, 2.24) is 14.4 Å². The standard InChI is InChI=1S/C22H28N4O4/c1-5-19(27)25(22(2,3)4)15-20(28)24-14-13-23-12-6-7-18(23)21(24)16-8-10-17(11-9-16)26(29)30/h6-12,21H,5,13-15H2,1-4H3/t21-/m0/s1. The van der Waals surface area contributed by atoms with Gasteiger partial charge in [0.05, 0.1) is 11.0 Å². The first-order chi connectivity index (χ1) is 14.1. The number of nitrogens with zero attached hydrogens (tertiary/aromatic N) is 4. The lowest BCUT2D eigenvalue weighted by Crippen LogP contribution is -2.53. The van der Waals surface area contributed by atoms with Crippen LogP contribution in [0.25, 0.3) is 0 Å². The minimum atomic E-state index is -0.471. The van der Waals surface area contributed by atoms with Crippen LogP contribution in [0.5, 0.6) is 0 Å². The highest BCUT2D eigenvalue weighted by Crippen LogP contribution is 2.33. The van der Waals surface area contributed by atoms with Crippen molar-refractivity contribution in [1.29, 1.82) is 0 Å². The average molecular weight is 412 g/mol. The van der Waals surface area contributed by atoms with E-state index in [0.29, 0.717) is 19.5 Å². The molecule has 0 bridgehead atoms. The second kappa shape index (κ2) is 8.30. The summed E-state index contributed by atoms with van der Waals surface area (Å²) in [5.74, 6) is -0.203. The van der Waals surface area contributed by atoms with Crippen LogP contribution in [0.1, 0.15) is 51.4 Å². The lowest BCUT2D eigenvalue weighted by molar-refractivity contribution is -0.384. The van der Waals surface area contributed by atoms with Gasteiger partial charge in [-0.1, -0.05) is 6.92 Å². The summed E-state index contributed by atoms with van der Waals surface area (Å²) in [4.78, 5) is 39.8. The predicted octanol–water partition coefficient (Wildman–Crippen LogP) is 3.37. The molecule has 2 amide bonds. The molecule has 2 aromatic rings. The van der Waals surface area contributed by atoms with E-state index < -0.39 is 10.5 Å². The largest absolute Gasteiger partial charge is 0.348 e. The van der Waals surface area contributed by atoms with E-state index in [4.69, 9.17) is 0 Å². The summed E-state index contributed by atoms with van der Waals surface area (Å²) < 4.78 is 2.09. The van der Waals surface area contributed by atoms with Crippen LogP contribution in [0.15, 0.2) is 42.6 Å². The van der Waals surface area contributed by atoms with Gasteiger partial charge in [-0.05, 0) is 50.6 Å². The first-order valence-corrected chi connectivity index (χ1v) is 10.1. The zero-order chi connectivity index (χ0) is 22.1. The van der Waals surface area contributed by atoms with E-state index in [-0.39, 0.29) is 30.1 Å². The van der Waals surface area contributed by atoms with Gasteiger partial charge in [0.15, 0.2) is 0 Å². The van der Waals surface area contributed by atoms with Gasteiger partial charge in [0.1, 0.15) is 6.54 Å². The summed E-state index contributed by atoms with van der Waals surface area (Å²) in [6.07, 6.45) is 2.30. The number of rotatable bonds is 5. The maximum atomic E-state index is 13.4. The quantitative estimate of drug-likeness (QED) is 0.556. The first kappa shape index (κ1) is 21.5. The molecule has 160 valence electrons. The molecule has 1 atom stereocenters. The van der Waals surface area contributed by atoms with Gasteiger partial charge in [-0.25, -0.2) is 0 Å². The molecular weight excluding hydrogens is 384 g/mol. The normalized spacial score (nSPS) is 16.1. The summed E-state index contributed by atoms with van der Waals surface area (Å²) in [6, 6.07) is 9.85. The lowest BCUT2D eigenvalue weighted by atomic mass is 9.99. The molecular formula is C22H28N4O4. The maximum absolute atomic E-state index is 13.4. The molecule has 0 unspecified atom stereocenters. The van der Waals surface area contributed by atoms with Gasteiger partial charge in [-0.15, -0.1) is 0 Å². The van der Waals surface area contributed by atoms with Gasteiger partial charge >= 0.3 is 0 Å². The fraction of sp³-hybridized carbons (Fsp3) is 0.455. The van der Waals surface area contributed by atoms with Gasteiger partial charge in [0, 0.05) is 49.1 Å². The molecule has 0 fully saturated rings. The molecule has 3 rings (SSSR count). The molecule has 1 aliphatic heterocycles. The number of non-ortho nitro benzene ring substituents is 1. The molecule has 0 spiro atoms. The summed E-state index contributed by atoms with van der Waals surface area (Å²) in [5.41, 5.74) is 1.29. The predicted molar refractivity (Wildman–Crippen MR) is 113 cm³/mol. The lowest BCUT2D eigenvalue weighted by Gasteiger charge is -2.41. The summed E-state index contributed by atoms with van der Waals surface area (Å²) in [6.45, 7) is 8.71. The van der Waals surface area contributed by atoms with Crippen molar-refractivity contribution in [2.75, 3.05) is 13.1 Å². The Kier molecular flexibility index (Phi) is 5.96. The monoisotopic (exact) mass is 412 g/mol. The molecule has 8 heteroatoms. The molecule has 30 heavy (non-hydrogen) atoms. The SMILES string of the molecule is CCC(=O)N(CC(=O)N1CCn2cccc2[C@@H]1c1ccc([N+](=O)[O-])cc1)C(C)(C)C. The number of aromatic nitrogens is 1. The molecule has 0 N–H and O–H groups in total. The molecule has 2 heterocycles. The Bertz CT molecular complexity index is 943. The Balaban J connectivity index is 1.95. The molecule has 0 saturated carbocycles. The Morgan fingerprint density at radius 2 is 1.83 bits per heavy atom. The molecule has 1 aliphatic rings. The molecule has 1 aromatic carbocycles. The number of carbonyl (C=O) groups excluding carboxylic acids is 2. The third-order valence-corrected chi connectivity index (χ3v) is 5.48. The number of hydrogen-bond acceptors (Lipinski definition) is 4. The van der Waals surface area contributed by atoms with Crippen LogP contribution < -0.4 is 0 Å². The number of benzene rings is 1. The van der Waals surface area contributed by atoms with Gasteiger partial charge in [0.25, 0.3) is 5.69 Å². The Labute approximate surface area is 176 Å². The number of amides is 2.